The molecule has 86 valence electrons. The van der Waals surface area contributed by atoms with Gasteiger partial charge >= 0.3 is 0 Å². The highest BCUT2D eigenvalue weighted by Gasteiger charge is 2.09. The van der Waals surface area contributed by atoms with E-state index in [0.29, 0.717) is 13.0 Å². The van der Waals surface area contributed by atoms with Crippen LogP contribution in [0.1, 0.15) is 30.4 Å². The Kier molecular flexibility index (Phi) is 3.44. The number of hydrogen-bond donors (Lipinski definition) is 2. The van der Waals surface area contributed by atoms with Crippen LogP contribution in [0.5, 0.6) is 5.75 Å². The van der Waals surface area contributed by atoms with E-state index in [2.05, 4.69) is 12.1 Å². The van der Waals surface area contributed by atoms with E-state index in [1.807, 2.05) is 6.07 Å². The van der Waals surface area contributed by atoms with Gasteiger partial charge in [0, 0.05) is 6.42 Å². The summed E-state index contributed by atoms with van der Waals surface area (Å²) in [5, 5.41) is 7.11. The molecule has 3 heteroatoms. The first-order valence-electron chi connectivity index (χ1n) is 5.83. The number of amidine groups is 1. The lowest BCUT2D eigenvalue weighted by atomic mass is 9.92. The molecule has 0 aliphatic heterocycles. The zero-order valence-corrected chi connectivity index (χ0v) is 9.46. The highest BCUT2D eigenvalue weighted by molar-refractivity contribution is 5.76. The second-order valence-corrected chi connectivity index (χ2v) is 4.26. The van der Waals surface area contributed by atoms with Crippen LogP contribution in [0.4, 0.5) is 0 Å². The Balaban J connectivity index is 1.97. The van der Waals surface area contributed by atoms with Gasteiger partial charge in [-0.1, -0.05) is 6.07 Å². The highest BCUT2D eigenvalue weighted by Crippen LogP contribution is 2.25. The number of aryl methyl sites for hydroxylation is 2. The second-order valence-electron chi connectivity index (χ2n) is 4.26. The summed E-state index contributed by atoms with van der Waals surface area (Å²) in [6.45, 7) is 0.494. The zero-order valence-electron chi connectivity index (χ0n) is 9.46. The number of nitrogens with two attached hydrogens (primary N) is 1. The average Bonchev–Trinajstić information content (AvgIpc) is 2.28. The molecule has 0 saturated heterocycles. The summed E-state index contributed by atoms with van der Waals surface area (Å²) in [4.78, 5) is 0. The Labute approximate surface area is 96.1 Å². The molecule has 1 aromatic carbocycles. The average molecular weight is 218 g/mol. The van der Waals surface area contributed by atoms with Crippen molar-refractivity contribution in [2.75, 3.05) is 6.61 Å². The molecule has 16 heavy (non-hydrogen) atoms. The molecule has 1 aliphatic carbocycles. The molecular formula is C13H18N2O. The number of nitrogens with one attached hydrogen (secondary N) is 1. The molecule has 1 aliphatic rings. The number of benzene rings is 1. The Hall–Kier alpha value is -1.51. The van der Waals surface area contributed by atoms with Gasteiger partial charge in [-0.3, -0.25) is 5.41 Å². The maximum Gasteiger partial charge on any atom is 0.119 e. The van der Waals surface area contributed by atoms with Gasteiger partial charge in [-0.25, -0.2) is 0 Å². The van der Waals surface area contributed by atoms with Crippen molar-refractivity contribution in [1.29, 1.82) is 5.41 Å². The number of rotatable bonds is 4. The molecule has 0 saturated carbocycles. The molecule has 3 N–H and O–H groups in total. The Morgan fingerprint density at radius 1 is 1.25 bits per heavy atom. The van der Waals surface area contributed by atoms with Crippen molar-refractivity contribution in [2.24, 2.45) is 5.73 Å². The zero-order chi connectivity index (χ0) is 11.4. The maximum absolute atomic E-state index is 7.11. The van der Waals surface area contributed by atoms with Crippen molar-refractivity contribution in [1.82, 2.24) is 0 Å². The number of fused-ring (bicyclic) bond motifs is 1. The van der Waals surface area contributed by atoms with Crippen LogP contribution < -0.4 is 10.5 Å². The fourth-order valence-electron chi connectivity index (χ4n) is 2.08. The third-order valence-corrected chi connectivity index (χ3v) is 2.96. The van der Waals surface area contributed by atoms with Crippen LogP contribution in [0.15, 0.2) is 18.2 Å². The molecule has 0 amide bonds. The summed E-state index contributed by atoms with van der Waals surface area (Å²) in [5.41, 5.74) is 8.16. The van der Waals surface area contributed by atoms with Gasteiger partial charge in [0.05, 0.1) is 12.4 Å². The molecule has 0 aromatic heterocycles. The normalized spacial score (nSPS) is 14.2. The molecule has 0 unspecified atom stereocenters. The van der Waals surface area contributed by atoms with E-state index in [-0.39, 0.29) is 5.84 Å². The predicted octanol–water partition coefficient (Wildman–Crippen LogP) is 2.27. The van der Waals surface area contributed by atoms with E-state index in [1.165, 1.54) is 36.8 Å². The van der Waals surface area contributed by atoms with E-state index in [1.54, 1.807) is 0 Å². The minimum Gasteiger partial charge on any atom is -0.493 e. The topological polar surface area (TPSA) is 59.1 Å². The van der Waals surface area contributed by atoms with Gasteiger partial charge in [-0.05, 0) is 48.9 Å². The van der Waals surface area contributed by atoms with Gasteiger partial charge in [0.15, 0.2) is 0 Å². The third-order valence-electron chi connectivity index (χ3n) is 2.96. The van der Waals surface area contributed by atoms with Gasteiger partial charge < -0.3 is 10.5 Å². The van der Waals surface area contributed by atoms with Crippen molar-refractivity contribution >= 4 is 5.84 Å². The molecule has 1 aromatic rings. The van der Waals surface area contributed by atoms with E-state index in [0.717, 1.165) is 5.75 Å². The van der Waals surface area contributed by atoms with Crippen LogP contribution in [0.25, 0.3) is 0 Å². The summed E-state index contributed by atoms with van der Waals surface area (Å²) in [5.74, 6) is 1.08. The molecule has 0 fully saturated rings. The first-order valence-corrected chi connectivity index (χ1v) is 5.83. The SMILES string of the molecule is N=C(N)CCOc1ccc2c(c1)CCCC2. The smallest absolute Gasteiger partial charge is 0.119 e. The van der Waals surface area contributed by atoms with Gasteiger partial charge in [-0.15, -0.1) is 0 Å². The van der Waals surface area contributed by atoms with Gasteiger partial charge in [0.25, 0.3) is 0 Å². The van der Waals surface area contributed by atoms with Gasteiger partial charge in [0.2, 0.25) is 0 Å². The van der Waals surface area contributed by atoms with E-state index in [4.69, 9.17) is 15.9 Å². The lowest BCUT2D eigenvalue weighted by Crippen LogP contribution is -2.14. The van der Waals surface area contributed by atoms with Crippen LogP contribution in [0, 0.1) is 5.41 Å². The van der Waals surface area contributed by atoms with E-state index in [9.17, 15) is 0 Å². The Bertz CT molecular complexity index is 388. The summed E-state index contributed by atoms with van der Waals surface area (Å²) < 4.78 is 5.56. The Morgan fingerprint density at radius 2 is 2.00 bits per heavy atom. The van der Waals surface area contributed by atoms with Crippen molar-refractivity contribution in [2.45, 2.75) is 32.1 Å². The van der Waals surface area contributed by atoms with E-state index >= 15 is 0 Å². The highest BCUT2D eigenvalue weighted by atomic mass is 16.5. The number of hydrogen-bond acceptors (Lipinski definition) is 2. The van der Waals surface area contributed by atoms with Crippen LogP contribution in [0.2, 0.25) is 0 Å². The summed E-state index contributed by atoms with van der Waals surface area (Å²) >= 11 is 0. The summed E-state index contributed by atoms with van der Waals surface area (Å²) in [6, 6.07) is 6.32. The van der Waals surface area contributed by atoms with Gasteiger partial charge in [-0.2, -0.15) is 0 Å². The molecule has 0 radical (unpaired) electrons. The summed E-state index contributed by atoms with van der Waals surface area (Å²) in [7, 11) is 0. The second kappa shape index (κ2) is 5.01. The third kappa shape index (κ3) is 2.75. The molecule has 3 nitrogen and oxygen atoms in total. The molecule has 2 rings (SSSR count). The predicted molar refractivity (Wildman–Crippen MR) is 65.1 cm³/mol. The van der Waals surface area contributed by atoms with Crippen molar-refractivity contribution in [3.8, 4) is 5.75 Å². The largest absolute Gasteiger partial charge is 0.493 e. The monoisotopic (exact) mass is 218 g/mol. The van der Waals surface area contributed by atoms with Crippen molar-refractivity contribution < 1.29 is 4.74 Å². The fraction of sp³-hybridized carbons (Fsp3) is 0.462. The molecule has 0 spiro atoms. The quantitative estimate of drug-likeness (QED) is 0.601. The summed E-state index contributed by atoms with van der Waals surface area (Å²) in [6.07, 6.45) is 5.45. The van der Waals surface area contributed by atoms with Crippen molar-refractivity contribution in [3.63, 3.8) is 0 Å². The van der Waals surface area contributed by atoms with Crippen molar-refractivity contribution in [3.05, 3.63) is 29.3 Å². The van der Waals surface area contributed by atoms with Crippen LogP contribution in [-0.4, -0.2) is 12.4 Å². The maximum atomic E-state index is 7.11. The molecular weight excluding hydrogens is 200 g/mol. The minimum absolute atomic E-state index is 0.179. The molecule has 0 bridgehead atoms. The molecule has 0 heterocycles. The van der Waals surface area contributed by atoms with E-state index < -0.39 is 0 Å². The Morgan fingerprint density at radius 3 is 2.75 bits per heavy atom. The standard InChI is InChI=1S/C13H18N2O/c14-13(15)7-8-16-12-6-5-10-3-1-2-4-11(10)9-12/h5-6,9H,1-4,7-8H2,(H3,14,15). The first-order chi connectivity index (χ1) is 7.75. The van der Waals surface area contributed by atoms with Gasteiger partial charge in [0.1, 0.15) is 5.75 Å². The minimum atomic E-state index is 0.179. The van der Waals surface area contributed by atoms with Crippen LogP contribution >= 0.6 is 0 Å². The fourth-order valence-corrected chi connectivity index (χ4v) is 2.08. The van der Waals surface area contributed by atoms with Crippen LogP contribution in [-0.2, 0) is 12.8 Å². The first kappa shape index (κ1) is 11.0. The number of ether oxygens (including phenoxy) is 1. The lowest BCUT2D eigenvalue weighted by molar-refractivity contribution is 0.328. The molecule has 0 atom stereocenters. The van der Waals surface area contributed by atoms with Crippen LogP contribution in [0.3, 0.4) is 0 Å². The lowest BCUT2D eigenvalue weighted by Gasteiger charge is -2.16.